The van der Waals surface area contributed by atoms with Crippen LogP contribution in [0.1, 0.15) is 28.4 Å². The third-order valence-electron chi connectivity index (χ3n) is 2.63. The van der Waals surface area contributed by atoms with Crippen LogP contribution in [-0.4, -0.2) is 37.1 Å². The minimum atomic E-state index is -1.14. The average Bonchev–Trinajstić information content (AvgIpc) is 2.93. The summed E-state index contributed by atoms with van der Waals surface area (Å²) in [5.41, 5.74) is 0.292. The quantitative estimate of drug-likeness (QED) is 0.821. The second kappa shape index (κ2) is 5.51. The lowest BCUT2D eigenvalue weighted by Crippen LogP contribution is -2.16. The zero-order chi connectivity index (χ0) is 14.7. The van der Waals surface area contributed by atoms with Gasteiger partial charge in [0.05, 0.1) is 12.2 Å². The highest BCUT2D eigenvalue weighted by Gasteiger charge is 2.15. The lowest BCUT2D eigenvalue weighted by atomic mass is 10.3. The van der Waals surface area contributed by atoms with Crippen molar-refractivity contribution in [3.63, 3.8) is 0 Å². The molecule has 0 radical (unpaired) electrons. The molecule has 0 aliphatic carbocycles. The van der Waals surface area contributed by atoms with Crippen LogP contribution >= 0.6 is 0 Å². The van der Waals surface area contributed by atoms with Gasteiger partial charge in [-0.05, 0) is 13.8 Å². The topological polar surface area (TPSA) is 123 Å². The second-order valence-electron chi connectivity index (χ2n) is 4.17. The van der Waals surface area contributed by atoms with E-state index in [1.54, 1.807) is 19.9 Å². The van der Waals surface area contributed by atoms with Gasteiger partial charge in [-0.3, -0.25) is 4.79 Å². The largest absolute Gasteiger partial charge is 0.476 e. The van der Waals surface area contributed by atoms with Crippen molar-refractivity contribution in [1.29, 1.82) is 0 Å². The Labute approximate surface area is 113 Å². The van der Waals surface area contributed by atoms with E-state index in [9.17, 15) is 9.59 Å². The molecule has 0 unspecified atom stereocenters. The van der Waals surface area contributed by atoms with Gasteiger partial charge in [-0.2, -0.15) is 0 Å². The summed E-state index contributed by atoms with van der Waals surface area (Å²) in [5, 5.41) is 22.3. The van der Waals surface area contributed by atoms with Gasteiger partial charge in [-0.25, -0.2) is 9.48 Å². The highest BCUT2D eigenvalue weighted by Crippen LogP contribution is 2.08. The predicted octanol–water partition coefficient (Wildman–Crippen LogP) is 0.610. The summed E-state index contributed by atoms with van der Waals surface area (Å²) >= 11 is 0. The third kappa shape index (κ3) is 2.99. The van der Waals surface area contributed by atoms with Crippen LogP contribution in [0.2, 0.25) is 0 Å². The summed E-state index contributed by atoms with van der Waals surface area (Å²) in [5.74, 6) is -0.478. The van der Waals surface area contributed by atoms with Crippen molar-refractivity contribution in [3.05, 3.63) is 23.2 Å². The first kappa shape index (κ1) is 13.7. The van der Waals surface area contributed by atoms with Crippen LogP contribution in [0.15, 0.2) is 10.6 Å². The van der Waals surface area contributed by atoms with Gasteiger partial charge in [0.2, 0.25) is 5.91 Å². The lowest BCUT2D eigenvalue weighted by molar-refractivity contribution is -0.116. The first-order valence-corrected chi connectivity index (χ1v) is 5.84. The number of hydrogen-bond acceptors (Lipinski definition) is 6. The lowest BCUT2D eigenvalue weighted by Gasteiger charge is -2.03. The zero-order valence-electron chi connectivity index (χ0n) is 11.0. The van der Waals surface area contributed by atoms with Gasteiger partial charge in [-0.1, -0.05) is 10.4 Å². The summed E-state index contributed by atoms with van der Waals surface area (Å²) in [4.78, 5) is 22.5. The van der Waals surface area contributed by atoms with Gasteiger partial charge in [-0.15, -0.1) is 5.10 Å². The average molecular weight is 279 g/mol. The number of anilines is 1. The molecule has 106 valence electrons. The summed E-state index contributed by atoms with van der Waals surface area (Å²) in [6.07, 6.45) is 0.120. The first-order chi connectivity index (χ1) is 9.47. The first-order valence-electron chi connectivity index (χ1n) is 5.84. The molecule has 2 aromatic rings. The van der Waals surface area contributed by atoms with Crippen LogP contribution in [-0.2, 0) is 11.3 Å². The van der Waals surface area contributed by atoms with Crippen LogP contribution in [0, 0.1) is 13.8 Å². The van der Waals surface area contributed by atoms with Crippen molar-refractivity contribution >= 4 is 17.7 Å². The Morgan fingerprint density at radius 1 is 1.45 bits per heavy atom. The van der Waals surface area contributed by atoms with E-state index in [2.05, 4.69) is 20.8 Å². The Morgan fingerprint density at radius 3 is 2.75 bits per heavy atom. The third-order valence-corrected chi connectivity index (χ3v) is 2.63. The minimum Gasteiger partial charge on any atom is -0.476 e. The van der Waals surface area contributed by atoms with E-state index in [0.717, 1.165) is 0 Å². The number of aromatic carboxylic acids is 1. The Kier molecular flexibility index (Phi) is 3.78. The standard InChI is InChI=1S/C11H13N5O4/c1-6-5-8(14-20-6)12-9(17)3-4-16-7(2)10(11(18)19)13-15-16/h5H,3-4H2,1-2H3,(H,18,19)(H,12,14,17). The maximum atomic E-state index is 11.7. The molecule has 0 atom stereocenters. The molecule has 0 aliphatic heterocycles. The van der Waals surface area contributed by atoms with Crippen molar-refractivity contribution < 1.29 is 19.2 Å². The number of carboxylic acids is 1. The highest BCUT2D eigenvalue weighted by atomic mass is 16.5. The number of aromatic nitrogens is 4. The Balaban J connectivity index is 1.92. The van der Waals surface area contributed by atoms with E-state index in [1.165, 1.54) is 4.68 Å². The Bertz CT molecular complexity index is 645. The number of carbonyl (C=O) groups excluding carboxylic acids is 1. The van der Waals surface area contributed by atoms with Gasteiger partial charge in [0, 0.05) is 12.5 Å². The molecule has 20 heavy (non-hydrogen) atoms. The molecule has 2 N–H and O–H groups in total. The maximum Gasteiger partial charge on any atom is 0.358 e. The number of nitrogens with zero attached hydrogens (tertiary/aromatic N) is 4. The van der Waals surface area contributed by atoms with Gasteiger partial charge in [0.15, 0.2) is 11.5 Å². The van der Waals surface area contributed by atoms with Crippen LogP contribution in [0.5, 0.6) is 0 Å². The number of hydrogen-bond donors (Lipinski definition) is 2. The van der Waals surface area contributed by atoms with E-state index in [1.807, 2.05) is 0 Å². The molecule has 0 aliphatic rings. The van der Waals surface area contributed by atoms with Gasteiger partial charge < -0.3 is 14.9 Å². The van der Waals surface area contributed by atoms with E-state index in [4.69, 9.17) is 9.63 Å². The number of amides is 1. The molecule has 9 heteroatoms. The van der Waals surface area contributed by atoms with Crippen molar-refractivity contribution in [2.24, 2.45) is 0 Å². The molecule has 2 heterocycles. The number of rotatable bonds is 5. The molecule has 2 aromatic heterocycles. The monoisotopic (exact) mass is 279 g/mol. The molecule has 0 bridgehead atoms. The van der Waals surface area contributed by atoms with Gasteiger partial charge in [0.1, 0.15) is 5.76 Å². The summed E-state index contributed by atoms with van der Waals surface area (Å²) in [7, 11) is 0. The highest BCUT2D eigenvalue weighted by molar-refractivity contribution is 5.89. The molecule has 0 aromatic carbocycles. The van der Waals surface area contributed by atoms with Crippen molar-refractivity contribution in [3.8, 4) is 0 Å². The van der Waals surface area contributed by atoms with E-state index < -0.39 is 5.97 Å². The normalized spacial score (nSPS) is 10.5. The van der Waals surface area contributed by atoms with Crippen LogP contribution in [0.4, 0.5) is 5.82 Å². The van der Waals surface area contributed by atoms with Crippen molar-refractivity contribution in [2.75, 3.05) is 5.32 Å². The van der Waals surface area contributed by atoms with E-state index in [-0.39, 0.29) is 24.6 Å². The minimum absolute atomic E-state index is 0.113. The number of carboxylic acid groups (broad SMARTS) is 1. The molecule has 0 saturated heterocycles. The van der Waals surface area contributed by atoms with Crippen molar-refractivity contribution in [1.82, 2.24) is 20.2 Å². The van der Waals surface area contributed by atoms with Gasteiger partial charge in [0.25, 0.3) is 0 Å². The fraction of sp³-hybridized carbons (Fsp3) is 0.364. The molecule has 0 fully saturated rings. The zero-order valence-corrected chi connectivity index (χ0v) is 11.0. The molecular formula is C11H13N5O4. The number of carbonyl (C=O) groups is 2. The molecule has 1 amide bonds. The maximum absolute atomic E-state index is 11.7. The smallest absolute Gasteiger partial charge is 0.358 e. The van der Waals surface area contributed by atoms with Crippen LogP contribution < -0.4 is 5.32 Å². The molecule has 0 spiro atoms. The van der Waals surface area contributed by atoms with E-state index >= 15 is 0 Å². The van der Waals surface area contributed by atoms with Crippen LogP contribution in [0.25, 0.3) is 0 Å². The van der Waals surface area contributed by atoms with E-state index in [0.29, 0.717) is 17.3 Å². The predicted molar refractivity (Wildman–Crippen MR) is 66.2 cm³/mol. The fourth-order valence-corrected chi connectivity index (χ4v) is 1.61. The molecule has 9 nitrogen and oxygen atoms in total. The molecule has 2 rings (SSSR count). The Hall–Kier alpha value is -2.71. The summed E-state index contributed by atoms with van der Waals surface area (Å²) in [6.45, 7) is 3.53. The number of aryl methyl sites for hydroxylation is 2. The van der Waals surface area contributed by atoms with Crippen LogP contribution in [0.3, 0.4) is 0 Å². The number of nitrogens with one attached hydrogen (secondary N) is 1. The SMILES string of the molecule is Cc1cc(NC(=O)CCn2nnc(C(=O)O)c2C)no1. The molecular weight excluding hydrogens is 266 g/mol. The van der Waals surface area contributed by atoms with Crippen molar-refractivity contribution in [2.45, 2.75) is 26.8 Å². The summed E-state index contributed by atoms with van der Waals surface area (Å²) < 4.78 is 6.19. The van der Waals surface area contributed by atoms with Gasteiger partial charge >= 0.3 is 5.97 Å². The Morgan fingerprint density at radius 2 is 2.20 bits per heavy atom. The fourth-order valence-electron chi connectivity index (χ4n) is 1.61. The second-order valence-corrected chi connectivity index (χ2v) is 4.17. The summed E-state index contributed by atoms with van der Waals surface area (Å²) in [6, 6.07) is 1.60. The molecule has 0 saturated carbocycles.